The lowest BCUT2D eigenvalue weighted by molar-refractivity contribution is 0.316. The van der Waals surface area contributed by atoms with E-state index in [2.05, 4.69) is 0 Å². The van der Waals surface area contributed by atoms with Gasteiger partial charge in [-0.05, 0) is 54.7 Å². The van der Waals surface area contributed by atoms with Gasteiger partial charge in [0.15, 0.2) is 9.84 Å². The van der Waals surface area contributed by atoms with E-state index in [0.717, 1.165) is 41.0 Å². The lowest BCUT2D eigenvalue weighted by atomic mass is 10.1. The highest BCUT2D eigenvalue weighted by atomic mass is 35.5. The van der Waals surface area contributed by atoms with Crippen LogP contribution in [0.4, 0.5) is 0 Å². The average Bonchev–Trinajstić information content (AvgIpc) is 3.16. The second-order valence-electron chi connectivity index (χ2n) is 8.15. The van der Waals surface area contributed by atoms with Crippen LogP contribution in [0.1, 0.15) is 34.7 Å². The van der Waals surface area contributed by atoms with Crippen molar-refractivity contribution in [3.8, 4) is 0 Å². The van der Waals surface area contributed by atoms with Crippen molar-refractivity contribution in [2.45, 2.75) is 42.1 Å². The molecule has 0 aliphatic heterocycles. The summed E-state index contributed by atoms with van der Waals surface area (Å²) in [5, 5.41) is -0.00223. The Balaban J connectivity index is 1.85. The number of rotatable bonds is 6. The smallest absolute Gasteiger partial charge is 0.224 e. The average molecular weight is 490 g/mol. The molecule has 1 atom stereocenters. The fourth-order valence-corrected chi connectivity index (χ4v) is 6.96. The number of benzene rings is 3. The molecule has 4 rings (SSSR count). The molecule has 0 bridgehead atoms. The normalized spacial score (nSPS) is 16.3. The molecule has 32 heavy (non-hydrogen) atoms. The number of fused-ring (bicyclic) bond motifs is 1. The summed E-state index contributed by atoms with van der Waals surface area (Å²) in [6, 6.07) is 19.0. The van der Waals surface area contributed by atoms with Crippen molar-refractivity contribution >= 4 is 31.5 Å². The molecule has 168 valence electrons. The molecule has 1 aliphatic carbocycles. The Kier molecular flexibility index (Phi) is 6.20. The predicted molar refractivity (Wildman–Crippen MR) is 126 cm³/mol. The van der Waals surface area contributed by atoms with Crippen LogP contribution in [0.5, 0.6) is 0 Å². The van der Waals surface area contributed by atoms with E-state index in [4.69, 9.17) is 11.6 Å². The number of hydrogen-bond donors (Lipinski definition) is 0. The van der Waals surface area contributed by atoms with E-state index in [0.29, 0.717) is 6.42 Å². The molecular formula is C24H24ClNO4S2. The lowest BCUT2D eigenvalue weighted by Gasteiger charge is -2.29. The van der Waals surface area contributed by atoms with E-state index in [-0.39, 0.29) is 27.4 Å². The summed E-state index contributed by atoms with van der Waals surface area (Å²) < 4.78 is 53.5. The topological polar surface area (TPSA) is 71.5 Å². The van der Waals surface area contributed by atoms with Crippen molar-refractivity contribution in [1.82, 2.24) is 4.31 Å². The molecule has 1 aliphatic rings. The number of aryl methyl sites for hydroxylation is 2. The highest BCUT2D eigenvalue weighted by molar-refractivity contribution is 7.91. The van der Waals surface area contributed by atoms with E-state index in [9.17, 15) is 16.8 Å². The van der Waals surface area contributed by atoms with Crippen LogP contribution in [-0.2, 0) is 32.8 Å². The van der Waals surface area contributed by atoms with Gasteiger partial charge in [-0.25, -0.2) is 16.8 Å². The standard InChI is InChI=1S/C24H24ClNO4S2/c1-17-7-9-18(10-8-17)16-26(23-14-11-19-5-3-4-6-21(19)23)32(29,30)24-15-20(31(2,27)28)12-13-22(24)25/h3-10,12-13,15,23H,11,14,16H2,1-2H3/t23-/m1/s1. The maximum absolute atomic E-state index is 13.9. The van der Waals surface area contributed by atoms with E-state index in [1.807, 2.05) is 55.5 Å². The molecule has 0 amide bonds. The summed E-state index contributed by atoms with van der Waals surface area (Å²) in [5.74, 6) is 0. The number of sulfonamides is 1. The summed E-state index contributed by atoms with van der Waals surface area (Å²) in [5.41, 5.74) is 4.02. The number of hydrogen-bond acceptors (Lipinski definition) is 4. The zero-order valence-electron chi connectivity index (χ0n) is 17.8. The minimum absolute atomic E-state index is 0.00223. The van der Waals surface area contributed by atoms with Crippen molar-refractivity contribution < 1.29 is 16.8 Å². The summed E-state index contributed by atoms with van der Waals surface area (Å²) in [6.45, 7) is 2.13. The third-order valence-corrected chi connectivity index (χ3v) is 9.27. The van der Waals surface area contributed by atoms with Crippen LogP contribution in [0.25, 0.3) is 0 Å². The Morgan fingerprint density at radius 3 is 2.34 bits per heavy atom. The van der Waals surface area contributed by atoms with E-state index < -0.39 is 19.9 Å². The Bertz CT molecular complexity index is 1370. The largest absolute Gasteiger partial charge is 0.245 e. The molecular weight excluding hydrogens is 466 g/mol. The fraction of sp³-hybridized carbons (Fsp3) is 0.250. The van der Waals surface area contributed by atoms with Crippen molar-refractivity contribution in [3.63, 3.8) is 0 Å². The van der Waals surface area contributed by atoms with Gasteiger partial charge in [0.2, 0.25) is 10.0 Å². The second kappa shape index (κ2) is 8.63. The van der Waals surface area contributed by atoms with Gasteiger partial charge in [0.05, 0.1) is 16.0 Å². The Hall–Kier alpha value is -2.19. The second-order valence-corrected chi connectivity index (χ2v) is 12.4. The first-order valence-corrected chi connectivity index (χ1v) is 13.9. The van der Waals surface area contributed by atoms with Crippen LogP contribution < -0.4 is 0 Å². The zero-order valence-corrected chi connectivity index (χ0v) is 20.2. The van der Waals surface area contributed by atoms with Crippen LogP contribution in [0.15, 0.2) is 76.5 Å². The minimum atomic E-state index is -4.11. The summed E-state index contributed by atoms with van der Waals surface area (Å²) >= 11 is 6.30. The Morgan fingerprint density at radius 1 is 0.969 bits per heavy atom. The van der Waals surface area contributed by atoms with Crippen molar-refractivity contribution in [3.05, 3.63) is 94.0 Å². The summed E-state index contributed by atoms with van der Waals surface area (Å²) in [7, 11) is -7.71. The van der Waals surface area contributed by atoms with Crippen LogP contribution in [-0.4, -0.2) is 27.4 Å². The van der Waals surface area contributed by atoms with Crippen LogP contribution in [0.3, 0.4) is 0 Å². The lowest BCUT2D eigenvalue weighted by Crippen LogP contribution is -2.34. The first-order valence-electron chi connectivity index (χ1n) is 10.2. The van der Waals surface area contributed by atoms with Gasteiger partial charge in [-0.3, -0.25) is 0 Å². The molecule has 0 N–H and O–H groups in total. The highest BCUT2D eigenvalue weighted by Gasteiger charge is 2.37. The fourth-order valence-electron chi connectivity index (χ4n) is 4.11. The third-order valence-electron chi connectivity index (χ3n) is 5.83. The predicted octanol–water partition coefficient (Wildman–Crippen LogP) is 4.93. The molecule has 5 nitrogen and oxygen atoms in total. The van der Waals surface area contributed by atoms with Gasteiger partial charge in [0.1, 0.15) is 4.90 Å². The van der Waals surface area contributed by atoms with E-state index in [1.165, 1.54) is 16.4 Å². The molecule has 0 fully saturated rings. The molecule has 8 heteroatoms. The number of sulfone groups is 1. The van der Waals surface area contributed by atoms with Crippen LogP contribution in [0, 0.1) is 6.92 Å². The summed E-state index contributed by atoms with van der Waals surface area (Å²) in [6.07, 6.45) is 2.47. The maximum atomic E-state index is 13.9. The molecule has 0 spiro atoms. The van der Waals surface area contributed by atoms with Crippen molar-refractivity contribution in [2.24, 2.45) is 0 Å². The van der Waals surface area contributed by atoms with E-state index >= 15 is 0 Å². The first-order chi connectivity index (χ1) is 15.1. The third kappa shape index (κ3) is 4.48. The Labute approximate surface area is 194 Å². The van der Waals surface area contributed by atoms with Gasteiger partial charge in [-0.1, -0.05) is 65.7 Å². The van der Waals surface area contributed by atoms with Gasteiger partial charge >= 0.3 is 0 Å². The van der Waals surface area contributed by atoms with Gasteiger partial charge < -0.3 is 0 Å². The minimum Gasteiger partial charge on any atom is -0.224 e. The van der Waals surface area contributed by atoms with Gasteiger partial charge in [0.25, 0.3) is 0 Å². The van der Waals surface area contributed by atoms with Crippen molar-refractivity contribution in [1.29, 1.82) is 0 Å². The van der Waals surface area contributed by atoms with Gasteiger partial charge in [0, 0.05) is 12.8 Å². The summed E-state index contributed by atoms with van der Waals surface area (Å²) in [4.78, 5) is -0.277. The zero-order chi connectivity index (χ0) is 23.1. The maximum Gasteiger partial charge on any atom is 0.245 e. The molecule has 0 saturated carbocycles. The quantitative estimate of drug-likeness (QED) is 0.492. The van der Waals surface area contributed by atoms with E-state index in [1.54, 1.807) is 0 Å². The SMILES string of the molecule is Cc1ccc(CN([C@@H]2CCc3ccccc32)S(=O)(=O)c2cc(S(C)(=O)=O)ccc2Cl)cc1. The van der Waals surface area contributed by atoms with Gasteiger partial charge in [-0.2, -0.15) is 4.31 Å². The van der Waals surface area contributed by atoms with Crippen LogP contribution in [0.2, 0.25) is 5.02 Å². The number of nitrogens with zero attached hydrogens (tertiary/aromatic N) is 1. The van der Waals surface area contributed by atoms with Crippen LogP contribution >= 0.6 is 11.6 Å². The molecule has 0 saturated heterocycles. The molecule has 0 unspecified atom stereocenters. The van der Waals surface area contributed by atoms with Crippen molar-refractivity contribution in [2.75, 3.05) is 6.26 Å². The number of halogens is 1. The molecule has 0 radical (unpaired) electrons. The molecule has 0 aromatic heterocycles. The van der Waals surface area contributed by atoms with Gasteiger partial charge in [-0.15, -0.1) is 0 Å². The molecule has 3 aromatic carbocycles. The monoisotopic (exact) mass is 489 g/mol. The molecule has 3 aromatic rings. The first kappa shape index (κ1) is 23.0. The molecule has 0 heterocycles. The Morgan fingerprint density at radius 2 is 1.66 bits per heavy atom. The highest BCUT2D eigenvalue weighted by Crippen LogP contribution is 2.41.